The summed E-state index contributed by atoms with van der Waals surface area (Å²) in [5.41, 5.74) is 7.80. The average Bonchev–Trinajstić information content (AvgIpc) is 2.78. The normalized spacial score (nSPS) is 16.5. The number of primary amides is 1. The van der Waals surface area contributed by atoms with Crippen molar-refractivity contribution in [3.63, 3.8) is 0 Å². The van der Waals surface area contributed by atoms with Gasteiger partial charge in [0.1, 0.15) is 11.6 Å². The maximum atomic E-state index is 14.4. The van der Waals surface area contributed by atoms with Crippen molar-refractivity contribution in [3.05, 3.63) is 59.4 Å². The molecule has 0 aliphatic carbocycles. The van der Waals surface area contributed by atoms with E-state index < -0.39 is 5.91 Å². The molecule has 32 heavy (non-hydrogen) atoms. The summed E-state index contributed by atoms with van der Waals surface area (Å²) in [5.74, 6) is 0.597. The Balaban J connectivity index is 1.64. The van der Waals surface area contributed by atoms with Crippen LogP contribution in [-0.2, 0) is 11.3 Å². The first-order valence-corrected chi connectivity index (χ1v) is 11.0. The molecule has 1 heterocycles. The average molecular weight is 442 g/mol. The van der Waals surface area contributed by atoms with Gasteiger partial charge in [0.2, 0.25) is 0 Å². The van der Waals surface area contributed by atoms with E-state index in [1.54, 1.807) is 12.1 Å². The third-order valence-corrected chi connectivity index (χ3v) is 5.25. The summed E-state index contributed by atoms with van der Waals surface area (Å²) in [6.07, 6.45) is 1.97. The van der Waals surface area contributed by atoms with E-state index in [0.717, 1.165) is 37.1 Å². The molecule has 0 aromatic heterocycles. The number of hydrogen-bond donors (Lipinski definition) is 3. The second-order valence-electron chi connectivity index (χ2n) is 7.98. The topological polar surface area (TPSA) is 92.0 Å². The van der Waals surface area contributed by atoms with Crippen LogP contribution < -0.4 is 26.0 Å². The van der Waals surface area contributed by atoms with E-state index in [1.807, 2.05) is 38.1 Å². The van der Waals surface area contributed by atoms with Gasteiger partial charge in [0.05, 0.1) is 12.2 Å². The van der Waals surface area contributed by atoms with Gasteiger partial charge >= 0.3 is 0 Å². The van der Waals surface area contributed by atoms with Crippen molar-refractivity contribution in [2.75, 3.05) is 31.1 Å². The summed E-state index contributed by atoms with van der Waals surface area (Å²) in [7, 11) is 0. The number of amides is 1. The monoisotopic (exact) mass is 441 g/mol. The summed E-state index contributed by atoms with van der Waals surface area (Å²) in [6, 6.07) is 12.8. The molecule has 7 nitrogen and oxygen atoms in total. The molecule has 1 aliphatic rings. The van der Waals surface area contributed by atoms with Crippen LogP contribution in [0.25, 0.3) is 0 Å². The zero-order valence-electron chi connectivity index (χ0n) is 18.7. The summed E-state index contributed by atoms with van der Waals surface area (Å²) in [5, 5.41) is 6.78. The van der Waals surface area contributed by atoms with Gasteiger partial charge in [0, 0.05) is 25.7 Å². The van der Waals surface area contributed by atoms with Gasteiger partial charge in [-0.25, -0.2) is 9.38 Å². The molecule has 1 unspecified atom stereocenters. The van der Waals surface area contributed by atoms with Crippen LogP contribution in [0.2, 0.25) is 0 Å². The number of aliphatic imine (C=N–C) groups is 1. The standard InChI is InChI=1S/C24H32FN5O2/c1-3-27-24(28-14-18-6-4-8-20(13-18)32-16-23(26)31)29-19-7-5-11-30(15-19)22-12-17(2)9-10-21(22)25/h4,6,8-10,12-13,19H,3,5,7,11,14-16H2,1-2H3,(H2,26,31)(H2,27,28,29). The number of nitrogens with two attached hydrogens (primary N) is 1. The fraction of sp³-hybridized carbons (Fsp3) is 0.417. The number of nitrogens with one attached hydrogen (secondary N) is 2. The number of anilines is 1. The van der Waals surface area contributed by atoms with Crippen molar-refractivity contribution in [1.29, 1.82) is 0 Å². The van der Waals surface area contributed by atoms with E-state index in [9.17, 15) is 9.18 Å². The lowest BCUT2D eigenvalue weighted by molar-refractivity contribution is -0.119. The molecule has 2 aromatic rings. The Labute approximate surface area is 188 Å². The SMILES string of the molecule is CCNC(=NCc1cccc(OCC(N)=O)c1)NC1CCCN(c2cc(C)ccc2F)C1. The lowest BCUT2D eigenvalue weighted by atomic mass is 10.0. The van der Waals surface area contributed by atoms with Gasteiger partial charge in [-0.3, -0.25) is 4.79 Å². The van der Waals surface area contributed by atoms with Gasteiger partial charge in [-0.05, 0) is 62.1 Å². The van der Waals surface area contributed by atoms with Gasteiger partial charge in [-0.1, -0.05) is 18.2 Å². The Kier molecular flexibility index (Phi) is 8.30. The number of carbonyl (C=O) groups is 1. The van der Waals surface area contributed by atoms with Crippen molar-refractivity contribution in [2.45, 2.75) is 39.3 Å². The molecule has 1 saturated heterocycles. The van der Waals surface area contributed by atoms with Crippen molar-refractivity contribution in [1.82, 2.24) is 10.6 Å². The highest BCUT2D eigenvalue weighted by atomic mass is 19.1. The minimum absolute atomic E-state index is 0.156. The third-order valence-electron chi connectivity index (χ3n) is 5.25. The molecule has 0 saturated carbocycles. The summed E-state index contributed by atoms with van der Waals surface area (Å²) >= 11 is 0. The number of halogens is 1. The molecule has 1 fully saturated rings. The maximum Gasteiger partial charge on any atom is 0.255 e. The van der Waals surface area contributed by atoms with Crippen LogP contribution in [-0.4, -0.2) is 44.1 Å². The van der Waals surface area contributed by atoms with Gasteiger partial charge < -0.3 is 26.0 Å². The predicted molar refractivity (Wildman–Crippen MR) is 125 cm³/mol. The van der Waals surface area contributed by atoms with Crippen LogP contribution in [0.1, 0.15) is 30.9 Å². The van der Waals surface area contributed by atoms with E-state index in [-0.39, 0.29) is 18.5 Å². The van der Waals surface area contributed by atoms with Gasteiger partial charge in [-0.2, -0.15) is 0 Å². The molecular weight excluding hydrogens is 409 g/mol. The number of ether oxygens (including phenoxy) is 1. The molecule has 1 atom stereocenters. The smallest absolute Gasteiger partial charge is 0.255 e. The number of benzene rings is 2. The second-order valence-corrected chi connectivity index (χ2v) is 7.98. The first-order chi connectivity index (χ1) is 15.4. The summed E-state index contributed by atoms with van der Waals surface area (Å²) in [6.45, 7) is 6.57. The van der Waals surface area contributed by atoms with Gasteiger partial charge in [-0.15, -0.1) is 0 Å². The molecule has 0 radical (unpaired) electrons. The summed E-state index contributed by atoms with van der Waals surface area (Å²) < 4.78 is 19.7. The molecule has 2 aromatic carbocycles. The Morgan fingerprint density at radius 1 is 1.31 bits per heavy atom. The zero-order valence-corrected chi connectivity index (χ0v) is 18.7. The van der Waals surface area contributed by atoms with Crippen molar-refractivity contribution >= 4 is 17.6 Å². The summed E-state index contributed by atoms with van der Waals surface area (Å²) in [4.78, 5) is 17.7. The fourth-order valence-electron chi connectivity index (χ4n) is 3.75. The van der Waals surface area contributed by atoms with E-state index in [1.165, 1.54) is 6.07 Å². The van der Waals surface area contributed by atoms with Crippen molar-refractivity contribution in [3.8, 4) is 5.75 Å². The first-order valence-electron chi connectivity index (χ1n) is 11.0. The lowest BCUT2D eigenvalue weighted by Crippen LogP contribution is -2.51. The Bertz CT molecular complexity index is 950. The molecule has 172 valence electrons. The minimum Gasteiger partial charge on any atom is -0.484 e. The van der Waals surface area contributed by atoms with Crippen molar-refractivity contribution in [2.24, 2.45) is 10.7 Å². The number of piperidine rings is 1. The quantitative estimate of drug-likeness (QED) is 0.433. The van der Waals surface area contributed by atoms with E-state index in [2.05, 4.69) is 15.5 Å². The third kappa shape index (κ3) is 6.87. The number of carbonyl (C=O) groups excluding carboxylic acids is 1. The predicted octanol–water partition coefficient (Wildman–Crippen LogP) is 2.72. The van der Waals surface area contributed by atoms with Crippen LogP contribution in [0.15, 0.2) is 47.5 Å². The van der Waals surface area contributed by atoms with Crippen LogP contribution >= 0.6 is 0 Å². The second kappa shape index (κ2) is 11.4. The van der Waals surface area contributed by atoms with Crippen LogP contribution in [0.4, 0.5) is 10.1 Å². The molecule has 1 aliphatic heterocycles. The molecule has 0 spiro atoms. The largest absolute Gasteiger partial charge is 0.484 e. The Hall–Kier alpha value is -3.29. The molecule has 1 amide bonds. The van der Waals surface area contributed by atoms with Gasteiger partial charge in [0.25, 0.3) is 5.91 Å². The first kappa shape index (κ1) is 23.4. The van der Waals surface area contributed by atoms with Gasteiger partial charge in [0.15, 0.2) is 12.6 Å². The fourth-order valence-corrected chi connectivity index (χ4v) is 3.75. The zero-order chi connectivity index (χ0) is 22.9. The highest BCUT2D eigenvalue weighted by Gasteiger charge is 2.23. The Morgan fingerprint density at radius 2 is 2.16 bits per heavy atom. The molecule has 8 heteroatoms. The number of hydrogen-bond acceptors (Lipinski definition) is 4. The highest BCUT2D eigenvalue weighted by Crippen LogP contribution is 2.24. The molecule has 3 rings (SSSR count). The number of guanidine groups is 1. The highest BCUT2D eigenvalue weighted by molar-refractivity contribution is 5.80. The molecular formula is C24H32FN5O2. The Morgan fingerprint density at radius 3 is 2.94 bits per heavy atom. The van der Waals surface area contributed by atoms with E-state index in [4.69, 9.17) is 15.5 Å². The molecule has 0 bridgehead atoms. The van der Waals surface area contributed by atoms with Crippen LogP contribution in [0, 0.1) is 12.7 Å². The van der Waals surface area contributed by atoms with Crippen LogP contribution in [0.3, 0.4) is 0 Å². The number of nitrogens with zero attached hydrogens (tertiary/aromatic N) is 2. The maximum absolute atomic E-state index is 14.4. The lowest BCUT2D eigenvalue weighted by Gasteiger charge is -2.35. The minimum atomic E-state index is -0.515. The van der Waals surface area contributed by atoms with E-state index >= 15 is 0 Å². The molecule has 4 N–H and O–H groups in total. The van der Waals surface area contributed by atoms with E-state index in [0.29, 0.717) is 30.5 Å². The van der Waals surface area contributed by atoms with Crippen LogP contribution in [0.5, 0.6) is 5.75 Å². The van der Waals surface area contributed by atoms with Crippen molar-refractivity contribution < 1.29 is 13.9 Å². The number of rotatable bonds is 8. The number of aryl methyl sites for hydroxylation is 1.